The molecule has 0 atom stereocenters. The Bertz CT molecular complexity index is 401. The quantitative estimate of drug-likeness (QED) is 0.632. The maximum atomic E-state index is 11.6. The van der Waals surface area contributed by atoms with Gasteiger partial charge >= 0.3 is 11.9 Å². The molecule has 106 valence electrons. The molecule has 0 saturated heterocycles. The summed E-state index contributed by atoms with van der Waals surface area (Å²) < 4.78 is 4.96. The number of rotatable bonds is 5. The molecule has 0 radical (unpaired) electrons. The molecule has 0 unspecified atom stereocenters. The van der Waals surface area contributed by atoms with E-state index in [0.717, 1.165) is 12.8 Å². The molecule has 1 aromatic rings. The number of hydrogen-bond acceptors (Lipinski definition) is 4. The third kappa shape index (κ3) is 6.57. The van der Waals surface area contributed by atoms with Gasteiger partial charge in [-0.15, -0.1) is 0 Å². The topological polar surface area (TPSA) is 83.8 Å². The van der Waals surface area contributed by atoms with Gasteiger partial charge in [0.25, 0.3) is 0 Å². The zero-order valence-corrected chi connectivity index (χ0v) is 11.3. The van der Waals surface area contributed by atoms with Crippen molar-refractivity contribution in [3.63, 3.8) is 0 Å². The number of unbranched alkanes of at least 4 members (excludes halogenated alkanes) is 1. The van der Waals surface area contributed by atoms with Gasteiger partial charge in [-0.2, -0.15) is 0 Å². The molecule has 5 nitrogen and oxygen atoms in total. The van der Waals surface area contributed by atoms with Crippen molar-refractivity contribution in [2.24, 2.45) is 0 Å². The molecular weight excluding hydrogens is 248 g/mol. The molecule has 0 heterocycles. The fourth-order valence-corrected chi connectivity index (χ4v) is 1.23. The molecule has 0 bridgehead atoms. The standard InChI is InChI=1S/C12H14O4.C2H6O/c1-2-3-8-16-12(15)10-7-5-4-6-9(10)11(13)14;1-2-3/h4-7H,2-3,8H2,1H3,(H,13,14);3H,2H2,1H3. The van der Waals surface area contributed by atoms with Crippen LogP contribution in [0.15, 0.2) is 24.3 Å². The van der Waals surface area contributed by atoms with E-state index in [1.165, 1.54) is 12.1 Å². The minimum Gasteiger partial charge on any atom is -0.478 e. The van der Waals surface area contributed by atoms with Crippen molar-refractivity contribution in [2.45, 2.75) is 26.7 Å². The van der Waals surface area contributed by atoms with Crippen LogP contribution in [0.25, 0.3) is 0 Å². The zero-order valence-electron chi connectivity index (χ0n) is 11.3. The fourth-order valence-electron chi connectivity index (χ4n) is 1.23. The number of carboxylic acids is 1. The van der Waals surface area contributed by atoms with Gasteiger partial charge in [0.2, 0.25) is 0 Å². The van der Waals surface area contributed by atoms with Crippen LogP contribution in [0.5, 0.6) is 0 Å². The van der Waals surface area contributed by atoms with Crippen LogP contribution in [0.1, 0.15) is 47.4 Å². The molecule has 2 N–H and O–H groups in total. The Morgan fingerprint density at radius 3 is 2.16 bits per heavy atom. The number of benzene rings is 1. The summed E-state index contributed by atoms with van der Waals surface area (Å²) in [5.41, 5.74) is 0.0788. The fraction of sp³-hybridized carbons (Fsp3) is 0.429. The molecule has 0 amide bonds. The van der Waals surface area contributed by atoms with Gasteiger partial charge in [-0.1, -0.05) is 25.5 Å². The molecule has 0 spiro atoms. The molecular formula is C14H20O5. The van der Waals surface area contributed by atoms with E-state index < -0.39 is 11.9 Å². The summed E-state index contributed by atoms with van der Waals surface area (Å²) in [6, 6.07) is 6.03. The lowest BCUT2D eigenvalue weighted by Gasteiger charge is -2.06. The lowest BCUT2D eigenvalue weighted by Crippen LogP contribution is -2.12. The van der Waals surface area contributed by atoms with E-state index in [1.807, 2.05) is 6.92 Å². The zero-order chi connectivity index (χ0) is 14.7. The highest BCUT2D eigenvalue weighted by atomic mass is 16.5. The van der Waals surface area contributed by atoms with E-state index in [0.29, 0.717) is 6.61 Å². The molecule has 0 fully saturated rings. The Morgan fingerprint density at radius 1 is 1.16 bits per heavy atom. The largest absolute Gasteiger partial charge is 0.478 e. The Hall–Kier alpha value is -1.88. The molecule has 0 aliphatic heterocycles. The van der Waals surface area contributed by atoms with E-state index in [-0.39, 0.29) is 17.7 Å². The van der Waals surface area contributed by atoms with Crippen LogP contribution in [0.4, 0.5) is 0 Å². The van der Waals surface area contributed by atoms with Crippen LogP contribution in [0.2, 0.25) is 0 Å². The first-order valence-electron chi connectivity index (χ1n) is 6.18. The smallest absolute Gasteiger partial charge is 0.339 e. The van der Waals surface area contributed by atoms with Crippen molar-refractivity contribution < 1.29 is 24.5 Å². The predicted molar refractivity (Wildman–Crippen MR) is 71.4 cm³/mol. The lowest BCUT2D eigenvalue weighted by atomic mass is 10.1. The van der Waals surface area contributed by atoms with E-state index in [1.54, 1.807) is 19.1 Å². The van der Waals surface area contributed by atoms with Gasteiger partial charge in [-0.25, -0.2) is 9.59 Å². The second kappa shape index (κ2) is 10.1. The number of hydrogen-bond donors (Lipinski definition) is 2. The summed E-state index contributed by atoms with van der Waals surface area (Å²) in [5, 5.41) is 16.4. The van der Waals surface area contributed by atoms with Crippen LogP contribution in [0, 0.1) is 0 Å². The van der Waals surface area contributed by atoms with E-state index >= 15 is 0 Å². The molecule has 5 heteroatoms. The van der Waals surface area contributed by atoms with Crippen molar-refractivity contribution in [3.8, 4) is 0 Å². The number of carboxylic acid groups (broad SMARTS) is 1. The summed E-state index contributed by atoms with van der Waals surface area (Å²) in [4.78, 5) is 22.4. The van der Waals surface area contributed by atoms with Crippen LogP contribution in [0.3, 0.4) is 0 Å². The van der Waals surface area contributed by atoms with Crippen molar-refractivity contribution in [2.75, 3.05) is 13.2 Å². The van der Waals surface area contributed by atoms with Crippen LogP contribution in [-0.2, 0) is 4.74 Å². The Kier molecular flexibility index (Phi) is 9.08. The second-order valence-electron chi connectivity index (χ2n) is 3.66. The third-order valence-electron chi connectivity index (χ3n) is 2.11. The highest BCUT2D eigenvalue weighted by Crippen LogP contribution is 2.10. The molecule has 1 rings (SSSR count). The summed E-state index contributed by atoms with van der Waals surface area (Å²) >= 11 is 0. The highest BCUT2D eigenvalue weighted by molar-refractivity contribution is 6.02. The van der Waals surface area contributed by atoms with E-state index in [9.17, 15) is 9.59 Å². The van der Waals surface area contributed by atoms with Gasteiger partial charge in [0.1, 0.15) is 0 Å². The first-order valence-corrected chi connectivity index (χ1v) is 6.18. The molecule has 19 heavy (non-hydrogen) atoms. The first-order chi connectivity index (χ1) is 9.08. The monoisotopic (exact) mass is 268 g/mol. The van der Waals surface area contributed by atoms with Gasteiger partial charge in [0.15, 0.2) is 0 Å². The average molecular weight is 268 g/mol. The highest BCUT2D eigenvalue weighted by Gasteiger charge is 2.16. The van der Waals surface area contributed by atoms with Crippen molar-refractivity contribution in [3.05, 3.63) is 35.4 Å². The summed E-state index contributed by atoms with van der Waals surface area (Å²) in [7, 11) is 0. The summed E-state index contributed by atoms with van der Waals surface area (Å²) in [6.07, 6.45) is 1.70. The van der Waals surface area contributed by atoms with Gasteiger partial charge in [0.05, 0.1) is 17.7 Å². The van der Waals surface area contributed by atoms with Crippen molar-refractivity contribution >= 4 is 11.9 Å². The van der Waals surface area contributed by atoms with Gasteiger partial charge < -0.3 is 14.9 Å². The maximum Gasteiger partial charge on any atom is 0.339 e. The summed E-state index contributed by atoms with van der Waals surface area (Å²) in [5.74, 6) is -1.70. The number of aliphatic hydroxyl groups excluding tert-OH is 1. The Morgan fingerprint density at radius 2 is 1.68 bits per heavy atom. The minimum absolute atomic E-state index is 0.0241. The normalized spacial score (nSPS) is 9.21. The van der Waals surface area contributed by atoms with Gasteiger partial charge in [0, 0.05) is 6.61 Å². The number of carbonyl (C=O) groups excluding carboxylic acids is 1. The predicted octanol–water partition coefficient (Wildman–Crippen LogP) is 2.34. The number of esters is 1. The van der Waals surface area contributed by atoms with Crippen LogP contribution < -0.4 is 0 Å². The molecule has 1 aromatic carbocycles. The van der Waals surface area contributed by atoms with Crippen LogP contribution >= 0.6 is 0 Å². The molecule has 0 aromatic heterocycles. The van der Waals surface area contributed by atoms with Crippen molar-refractivity contribution in [1.82, 2.24) is 0 Å². The van der Waals surface area contributed by atoms with Gasteiger partial charge in [-0.3, -0.25) is 0 Å². The maximum absolute atomic E-state index is 11.6. The Labute approximate surface area is 112 Å². The number of aliphatic hydroxyl groups is 1. The first kappa shape index (κ1) is 17.1. The van der Waals surface area contributed by atoms with Gasteiger partial charge in [-0.05, 0) is 25.5 Å². The Balaban J connectivity index is 0.000000982. The van der Waals surface area contributed by atoms with E-state index in [2.05, 4.69) is 0 Å². The number of aromatic carboxylic acids is 1. The minimum atomic E-state index is -1.12. The average Bonchev–Trinajstić information content (AvgIpc) is 2.39. The SMILES string of the molecule is CCCCOC(=O)c1ccccc1C(=O)O.CCO. The summed E-state index contributed by atoms with van der Waals surface area (Å²) in [6.45, 7) is 4.24. The number of ether oxygens (including phenoxy) is 1. The second-order valence-corrected chi connectivity index (χ2v) is 3.66. The van der Waals surface area contributed by atoms with Crippen LogP contribution in [-0.4, -0.2) is 35.4 Å². The lowest BCUT2D eigenvalue weighted by molar-refractivity contribution is 0.0489. The number of carbonyl (C=O) groups is 2. The van der Waals surface area contributed by atoms with E-state index in [4.69, 9.17) is 14.9 Å². The van der Waals surface area contributed by atoms with Crippen molar-refractivity contribution in [1.29, 1.82) is 0 Å². The molecule has 0 saturated carbocycles. The molecule has 0 aliphatic carbocycles. The third-order valence-corrected chi connectivity index (χ3v) is 2.11. The molecule has 0 aliphatic rings.